The number of halogens is 4. The first-order valence-corrected chi connectivity index (χ1v) is 7.35. The van der Waals surface area contributed by atoms with E-state index in [9.17, 15) is 4.39 Å². The molecular weight excluding hydrogens is 382 g/mol. The van der Waals surface area contributed by atoms with Gasteiger partial charge in [-0.2, -0.15) is 0 Å². The molecule has 7 heteroatoms. The van der Waals surface area contributed by atoms with Crippen LogP contribution in [0.3, 0.4) is 0 Å². The fourth-order valence-electron chi connectivity index (χ4n) is 1.84. The molecule has 0 saturated heterocycles. The molecular formula is C14H6BrCl2FN2O. The summed E-state index contributed by atoms with van der Waals surface area (Å²) in [5, 5.41) is 0.116. The highest BCUT2D eigenvalue weighted by atomic mass is 79.9. The van der Waals surface area contributed by atoms with Crippen LogP contribution in [-0.4, -0.2) is 9.97 Å². The zero-order valence-corrected chi connectivity index (χ0v) is 13.4. The van der Waals surface area contributed by atoms with Gasteiger partial charge in [-0.15, -0.1) is 0 Å². The van der Waals surface area contributed by atoms with Gasteiger partial charge in [-0.1, -0.05) is 41.4 Å². The molecule has 2 heterocycles. The van der Waals surface area contributed by atoms with E-state index in [2.05, 4.69) is 25.9 Å². The molecule has 0 aliphatic rings. The van der Waals surface area contributed by atoms with Gasteiger partial charge in [0.1, 0.15) is 16.1 Å². The smallest absolute Gasteiger partial charge is 0.198 e. The Morgan fingerprint density at radius 1 is 1.00 bits per heavy atom. The second-order valence-electron chi connectivity index (χ2n) is 4.09. The van der Waals surface area contributed by atoms with Crippen molar-refractivity contribution in [2.45, 2.75) is 0 Å². The molecule has 0 amide bonds. The van der Waals surface area contributed by atoms with Crippen LogP contribution in [0.1, 0.15) is 0 Å². The Kier molecular flexibility index (Phi) is 3.97. The minimum Gasteiger partial charge on any atom is -0.446 e. The standard InChI is InChI=1S/C14H6BrCl2FN2O/c15-10-6-5-9(21-10)14-19-12(16)11(13(17)20-14)7-3-1-2-4-8(7)18/h1-6H. The van der Waals surface area contributed by atoms with Gasteiger partial charge in [-0.25, -0.2) is 14.4 Å². The third kappa shape index (κ3) is 2.81. The van der Waals surface area contributed by atoms with Crippen LogP contribution in [0.5, 0.6) is 0 Å². The summed E-state index contributed by atoms with van der Waals surface area (Å²) >= 11 is 15.5. The van der Waals surface area contributed by atoms with E-state index in [0.29, 0.717) is 10.4 Å². The second kappa shape index (κ2) is 5.75. The van der Waals surface area contributed by atoms with Crippen molar-refractivity contribution >= 4 is 39.1 Å². The Morgan fingerprint density at radius 2 is 1.67 bits per heavy atom. The number of aromatic nitrogens is 2. The van der Waals surface area contributed by atoms with E-state index in [1.165, 1.54) is 6.07 Å². The van der Waals surface area contributed by atoms with E-state index in [-0.39, 0.29) is 27.3 Å². The fourth-order valence-corrected chi connectivity index (χ4v) is 2.74. The number of benzene rings is 1. The summed E-state index contributed by atoms with van der Waals surface area (Å²) < 4.78 is 19.7. The first-order chi connectivity index (χ1) is 10.1. The van der Waals surface area contributed by atoms with Crippen LogP contribution in [0.25, 0.3) is 22.7 Å². The van der Waals surface area contributed by atoms with Crippen molar-refractivity contribution in [2.24, 2.45) is 0 Å². The van der Waals surface area contributed by atoms with Crippen molar-refractivity contribution in [1.82, 2.24) is 9.97 Å². The van der Waals surface area contributed by atoms with Gasteiger partial charge in [0.15, 0.2) is 16.3 Å². The highest BCUT2D eigenvalue weighted by Gasteiger charge is 2.18. The maximum atomic E-state index is 13.9. The number of hydrogen-bond donors (Lipinski definition) is 0. The van der Waals surface area contributed by atoms with Gasteiger partial charge in [0, 0.05) is 5.56 Å². The monoisotopic (exact) mass is 386 g/mol. The van der Waals surface area contributed by atoms with E-state index < -0.39 is 5.82 Å². The molecule has 0 spiro atoms. The zero-order valence-electron chi connectivity index (χ0n) is 10.3. The molecule has 3 nitrogen and oxygen atoms in total. The van der Waals surface area contributed by atoms with Crippen molar-refractivity contribution < 1.29 is 8.81 Å². The van der Waals surface area contributed by atoms with Crippen LogP contribution >= 0.6 is 39.1 Å². The Bertz CT molecular complexity index is 799. The lowest BCUT2D eigenvalue weighted by atomic mass is 10.1. The number of hydrogen-bond acceptors (Lipinski definition) is 3. The van der Waals surface area contributed by atoms with Gasteiger partial charge in [0.25, 0.3) is 0 Å². The van der Waals surface area contributed by atoms with Gasteiger partial charge in [0.05, 0.1) is 5.56 Å². The molecule has 0 aliphatic heterocycles. The highest BCUT2D eigenvalue weighted by molar-refractivity contribution is 9.10. The Labute approximate surface area is 137 Å². The lowest BCUT2D eigenvalue weighted by Gasteiger charge is -2.08. The average Bonchev–Trinajstić information content (AvgIpc) is 2.87. The van der Waals surface area contributed by atoms with Crippen LogP contribution in [0, 0.1) is 5.82 Å². The third-order valence-electron chi connectivity index (χ3n) is 2.76. The largest absolute Gasteiger partial charge is 0.446 e. The number of nitrogens with zero attached hydrogens (tertiary/aromatic N) is 2. The summed E-state index contributed by atoms with van der Waals surface area (Å²) in [6.07, 6.45) is 0. The van der Waals surface area contributed by atoms with Crippen LogP contribution in [0.2, 0.25) is 10.3 Å². The molecule has 3 aromatic rings. The molecule has 0 saturated carbocycles. The molecule has 2 aromatic heterocycles. The van der Waals surface area contributed by atoms with Crippen molar-refractivity contribution in [2.75, 3.05) is 0 Å². The summed E-state index contributed by atoms with van der Waals surface area (Å²) in [4.78, 5) is 8.25. The molecule has 3 rings (SSSR count). The molecule has 1 aromatic carbocycles. The predicted molar refractivity (Wildman–Crippen MR) is 82.8 cm³/mol. The van der Waals surface area contributed by atoms with E-state index in [0.717, 1.165) is 0 Å². The van der Waals surface area contributed by atoms with Gasteiger partial charge < -0.3 is 4.42 Å². The maximum absolute atomic E-state index is 13.9. The first-order valence-electron chi connectivity index (χ1n) is 5.80. The topological polar surface area (TPSA) is 38.9 Å². The SMILES string of the molecule is Fc1ccccc1-c1c(Cl)nc(-c2ccc(Br)o2)nc1Cl. The molecule has 106 valence electrons. The van der Waals surface area contributed by atoms with Crippen LogP contribution in [0.15, 0.2) is 45.5 Å². The van der Waals surface area contributed by atoms with E-state index in [1.807, 2.05) is 0 Å². The minimum atomic E-state index is -0.446. The quantitative estimate of drug-likeness (QED) is 0.536. The molecule has 0 radical (unpaired) electrons. The molecule has 0 N–H and O–H groups in total. The molecule has 0 bridgehead atoms. The average molecular weight is 388 g/mol. The second-order valence-corrected chi connectivity index (χ2v) is 5.59. The van der Waals surface area contributed by atoms with Crippen molar-refractivity contribution in [3.8, 4) is 22.7 Å². The predicted octanol–water partition coefficient (Wildman–Crippen LogP) is 5.61. The van der Waals surface area contributed by atoms with Gasteiger partial charge >= 0.3 is 0 Å². The maximum Gasteiger partial charge on any atom is 0.198 e. The Hall–Kier alpha value is -1.43. The zero-order chi connectivity index (χ0) is 15.0. The summed E-state index contributed by atoms with van der Waals surface area (Å²) in [6.45, 7) is 0. The van der Waals surface area contributed by atoms with Gasteiger partial charge in [-0.3, -0.25) is 0 Å². The van der Waals surface area contributed by atoms with E-state index in [4.69, 9.17) is 27.6 Å². The summed E-state index contributed by atoms with van der Waals surface area (Å²) in [5.74, 6) is 0.194. The summed E-state index contributed by atoms with van der Waals surface area (Å²) in [7, 11) is 0. The molecule has 0 aliphatic carbocycles. The fraction of sp³-hybridized carbons (Fsp3) is 0. The van der Waals surface area contributed by atoms with Gasteiger partial charge in [0.2, 0.25) is 0 Å². The van der Waals surface area contributed by atoms with Crippen molar-refractivity contribution in [1.29, 1.82) is 0 Å². The van der Waals surface area contributed by atoms with E-state index in [1.54, 1.807) is 30.3 Å². The minimum absolute atomic E-state index is 0.0580. The molecule has 0 fully saturated rings. The van der Waals surface area contributed by atoms with Crippen molar-refractivity contribution in [3.63, 3.8) is 0 Å². The van der Waals surface area contributed by atoms with Crippen molar-refractivity contribution in [3.05, 3.63) is 57.2 Å². The Morgan fingerprint density at radius 3 is 2.24 bits per heavy atom. The van der Waals surface area contributed by atoms with Crippen LogP contribution in [0.4, 0.5) is 4.39 Å². The molecule has 21 heavy (non-hydrogen) atoms. The Balaban J connectivity index is 2.15. The normalized spacial score (nSPS) is 10.9. The molecule has 0 unspecified atom stereocenters. The third-order valence-corrected chi connectivity index (χ3v) is 3.73. The highest BCUT2D eigenvalue weighted by Crippen LogP contribution is 2.35. The summed E-state index contributed by atoms with van der Waals surface area (Å²) in [5.41, 5.74) is 0.505. The van der Waals surface area contributed by atoms with Crippen LogP contribution < -0.4 is 0 Å². The first kappa shape index (κ1) is 14.5. The lowest BCUT2D eigenvalue weighted by Crippen LogP contribution is -1.95. The molecule has 0 atom stereocenters. The number of furan rings is 1. The summed E-state index contributed by atoms with van der Waals surface area (Å²) in [6, 6.07) is 9.52. The van der Waals surface area contributed by atoms with Crippen LogP contribution in [-0.2, 0) is 0 Å². The lowest BCUT2D eigenvalue weighted by molar-refractivity contribution is 0.551. The van der Waals surface area contributed by atoms with E-state index >= 15 is 0 Å². The van der Waals surface area contributed by atoms with Gasteiger partial charge in [-0.05, 0) is 34.1 Å². The number of rotatable bonds is 2.